The van der Waals surface area contributed by atoms with Crippen LogP contribution in [0.15, 0.2) is 10.2 Å². The lowest BCUT2D eigenvalue weighted by atomic mass is 10.2. The summed E-state index contributed by atoms with van der Waals surface area (Å²) in [6.45, 7) is 7.23. The molecule has 0 aliphatic heterocycles. The maximum Gasteiger partial charge on any atom is 0.143 e. The zero-order valence-electron chi connectivity index (χ0n) is 6.70. The van der Waals surface area contributed by atoms with Crippen LogP contribution in [0.5, 0.6) is 0 Å². The van der Waals surface area contributed by atoms with Gasteiger partial charge in [0.05, 0.1) is 0 Å². The Bertz CT molecular complexity index is 127. The molecule has 0 radical (unpaired) electrons. The van der Waals surface area contributed by atoms with Crippen LogP contribution < -0.4 is 5.84 Å². The van der Waals surface area contributed by atoms with Gasteiger partial charge in [-0.3, -0.25) is 5.01 Å². The Hall–Kier alpha value is -0.900. The van der Waals surface area contributed by atoms with Crippen LogP contribution >= 0.6 is 0 Å². The first-order chi connectivity index (χ1) is 4.59. The van der Waals surface area contributed by atoms with E-state index in [1.807, 2.05) is 13.8 Å². The van der Waals surface area contributed by atoms with Crippen molar-refractivity contribution in [2.45, 2.75) is 13.8 Å². The first kappa shape index (κ1) is 9.10. The number of hydrogen-bond donors (Lipinski definition) is 1. The summed E-state index contributed by atoms with van der Waals surface area (Å²) in [6, 6.07) is 0. The molecular formula is C6H14N4. The minimum atomic E-state index is 0.278. The first-order valence-corrected chi connectivity index (χ1v) is 3.11. The molecule has 0 rings (SSSR count). The van der Waals surface area contributed by atoms with Crippen molar-refractivity contribution in [2.75, 3.05) is 7.05 Å². The summed E-state index contributed by atoms with van der Waals surface area (Å²) in [5.74, 6) is 6.45. The molecular weight excluding hydrogens is 128 g/mol. The van der Waals surface area contributed by atoms with Gasteiger partial charge in [0.15, 0.2) is 0 Å². The molecule has 2 N–H and O–H groups in total. The number of nitrogens with two attached hydrogens (primary N) is 1. The van der Waals surface area contributed by atoms with E-state index in [2.05, 4.69) is 16.9 Å². The summed E-state index contributed by atoms with van der Waals surface area (Å²) in [6.07, 6.45) is 0. The highest BCUT2D eigenvalue weighted by atomic mass is 15.4. The van der Waals surface area contributed by atoms with E-state index < -0.39 is 0 Å². The number of amidine groups is 1. The molecule has 0 atom stereocenters. The number of rotatable bonds is 2. The molecule has 0 aliphatic carbocycles. The van der Waals surface area contributed by atoms with Crippen molar-refractivity contribution in [3.8, 4) is 0 Å². The molecule has 0 spiro atoms. The molecule has 0 unspecified atom stereocenters. The molecule has 0 amide bonds. The number of hydrazine groups is 1. The lowest BCUT2D eigenvalue weighted by molar-refractivity contribution is 0.502. The summed E-state index contributed by atoms with van der Waals surface area (Å²) in [5, 5.41) is 8.59. The van der Waals surface area contributed by atoms with E-state index in [9.17, 15) is 0 Å². The monoisotopic (exact) mass is 142 g/mol. The first-order valence-electron chi connectivity index (χ1n) is 3.11. The highest BCUT2D eigenvalue weighted by molar-refractivity contribution is 5.83. The second kappa shape index (κ2) is 4.00. The molecule has 0 heterocycles. The Morgan fingerprint density at radius 1 is 1.60 bits per heavy atom. The molecule has 4 heteroatoms. The number of hydrogen-bond acceptors (Lipinski definition) is 3. The van der Waals surface area contributed by atoms with Crippen LogP contribution in [0.3, 0.4) is 0 Å². The molecule has 10 heavy (non-hydrogen) atoms. The minimum Gasteiger partial charge on any atom is -0.300 e. The predicted molar refractivity (Wildman–Crippen MR) is 43.8 cm³/mol. The fraction of sp³-hybridized carbons (Fsp3) is 0.667. The van der Waals surface area contributed by atoms with Gasteiger partial charge in [-0.1, -0.05) is 13.8 Å². The summed E-state index contributed by atoms with van der Waals surface area (Å²) in [4.78, 5) is 0. The van der Waals surface area contributed by atoms with Gasteiger partial charge in [-0.25, -0.2) is 5.84 Å². The highest BCUT2D eigenvalue weighted by Gasteiger charge is 2.06. The normalized spacial score (nSPS) is 11.9. The summed E-state index contributed by atoms with van der Waals surface area (Å²) < 4.78 is 0. The van der Waals surface area contributed by atoms with E-state index in [0.717, 1.165) is 5.84 Å². The molecule has 58 valence electrons. The van der Waals surface area contributed by atoms with Crippen molar-refractivity contribution in [3.63, 3.8) is 0 Å². The van der Waals surface area contributed by atoms with Gasteiger partial charge in [-0.15, -0.1) is 5.10 Å². The molecule has 0 saturated heterocycles. The Morgan fingerprint density at radius 3 is 2.20 bits per heavy atom. The molecule has 0 aromatic rings. The Balaban J connectivity index is 4.26. The SMILES string of the molecule is C=N/N=C(/C(C)C)N(C)N. The molecule has 0 aromatic carbocycles. The second-order valence-corrected chi connectivity index (χ2v) is 2.37. The molecule has 0 aliphatic rings. The smallest absolute Gasteiger partial charge is 0.143 e. The van der Waals surface area contributed by atoms with Crippen LogP contribution in [0, 0.1) is 5.92 Å². The van der Waals surface area contributed by atoms with Gasteiger partial charge in [0.1, 0.15) is 5.84 Å². The lowest BCUT2D eigenvalue weighted by Crippen LogP contribution is -2.36. The zero-order valence-corrected chi connectivity index (χ0v) is 6.70. The Kier molecular flexibility index (Phi) is 3.64. The quantitative estimate of drug-likeness (QED) is 0.263. The summed E-state index contributed by atoms with van der Waals surface area (Å²) in [5.41, 5.74) is 0. The average molecular weight is 142 g/mol. The zero-order chi connectivity index (χ0) is 8.15. The van der Waals surface area contributed by atoms with Crippen molar-refractivity contribution in [3.05, 3.63) is 0 Å². The largest absolute Gasteiger partial charge is 0.300 e. The van der Waals surface area contributed by atoms with Crippen molar-refractivity contribution in [1.82, 2.24) is 5.01 Å². The molecule has 0 fully saturated rings. The van der Waals surface area contributed by atoms with Crippen LogP contribution in [0.4, 0.5) is 0 Å². The topological polar surface area (TPSA) is 54.0 Å². The van der Waals surface area contributed by atoms with Crippen molar-refractivity contribution in [1.29, 1.82) is 0 Å². The predicted octanol–water partition coefficient (Wildman–Crippen LogP) is 0.462. The van der Waals surface area contributed by atoms with Crippen LogP contribution in [-0.4, -0.2) is 24.6 Å². The van der Waals surface area contributed by atoms with Crippen molar-refractivity contribution < 1.29 is 0 Å². The average Bonchev–Trinajstić information content (AvgIpc) is 1.81. The number of nitrogens with zero attached hydrogens (tertiary/aromatic N) is 3. The van der Waals surface area contributed by atoms with E-state index in [4.69, 9.17) is 5.84 Å². The van der Waals surface area contributed by atoms with Gasteiger partial charge in [0, 0.05) is 19.7 Å². The maximum absolute atomic E-state index is 5.44. The maximum atomic E-state index is 5.44. The van der Waals surface area contributed by atoms with E-state index in [-0.39, 0.29) is 5.92 Å². The Labute approximate surface area is 61.4 Å². The minimum absolute atomic E-state index is 0.278. The standard InChI is InChI=1S/C6H14N4/c1-5(2)6(9-8-3)10(4)7/h5H,3,7H2,1-2,4H3/b9-6-. The van der Waals surface area contributed by atoms with E-state index in [1.54, 1.807) is 7.05 Å². The second-order valence-electron chi connectivity index (χ2n) is 2.37. The van der Waals surface area contributed by atoms with Gasteiger partial charge < -0.3 is 0 Å². The summed E-state index contributed by atoms with van der Waals surface area (Å²) >= 11 is 0. The highest BCUT2D eigenvalue weighted by Crippen LogP contribution is 1.97. The third kappa shape index (κ3) is 2.59. The van der Waals surface area contributed by atoms with E-state index in [1.165, 1.54) is 5.01 Å². The van der Waals surface area contributed by atoms with Crippen LogP contribution in [-0.2, 0) is 0 Å². The Morgan fingerprint density at radius 2 is 2.10 bits per heavy atom. The summed E-state index contributed by atoms with van der Waals surface area (Å²) in [7, 11) is 1.73. The fourth-order valence-corrected chi connectivity index (χ4v) is 0.666. The molecule has 0 saturated carbocycles. The van der Waals surface area contributed by atoms with Crippen LogP contribution in [0.1, 0.15) is 13.8 Å². The lowest BCUT2D eigenvalue weighted by Gasteiger charge is -2.16. The fourth-order valence-electron chi connectivity index (χ4n) is 0.666. The molecule has 0 aromatic heterocycles. The van der Waals surface area contributed by atoms with E-state index >= 15 is 0 Å². The van der Waals surface area contributed by atoms with Gasteiger partial charge in [-0.2, -0.15) is 5.10 Å². The third-order valence-electron chi connectivity index (χ3n) is 1.05. The van der Waals surface area contributed by atoms with Crippen LogP contribution in [0.25, 0.3) is 0 Å². The van der Waals surface area contributed by atoms with Crippen LogP contribution in [0.2, 0.25) is 0 Å². The van der Waals surface area contributed by atoms with Gasteiger partial charge in [0.25, 0.3) is 0 Å². The van der Waals surface area contributed by atoms with Crippen molar-refractivity contribution in [2.24, 2.45) is 22.0 Å². The van der Waals surface area contributed by atoms with Gasteiger partial charge in [0.2, 0.25) is 0 Å². The molecule has 4 nitrogen and oxygen atoms in total. The van der Waals surface area contributed by atoms with Gasteiger partial charge >= 0.3 is 0 Å². The molecule has 0 bridgehead atoms. The van der Waals surface area contributed by atoms with Gasteiger partial charge in [-0.05, 0) is 0 Å². The third-order valence-corrected chi connectivity index (χ3v) is 1.05. The van der Waals surface area contributed by atoms with Crippen molar-refractivity contribution >= 4 is 12.6 Å². The van der Waals surface area contributed by atoms with E-state index in [0.29, 0.717) is 0 Å².